The van der Waals surface area contributed by atoms with E-state index in [2.05, 4.69) is 33.8 Å². The van der Waals surface area contributed by atoms with Crippen LogP contribution in [0.1, 0.15) is 44.6 Å². The second kappa shape index (κ2) is 9.14. The topological polar surface area (TPSA) is 36.4 Å². The lowest BCUT2D eigenvalue weighted by Crippen LogP contribution is -2.37. The Morgan fingerprint density at radius 3 is 2.72 bits per heavy atom. The average molecular weight is 341 g/mol. The van der Waals surface area contributed by atoms with Gasteiger partial charge in [0.05, 0.1) is 0 Å². The van der Waals surface area contributed by atoms with E-state index in [0.29, 0.717) is 18.2 Å². The molecule has 1 aromatic heterocycles. The first-order chi connectivity index (χ1) is 12.3. The van der Waals surface area contributed by atoms with Crippen LogP contribution in [0.5, 0.6) is 0 Å². The second-order valence-corrected chi connectivity index (χ2v) is 7.45. The van der Waals surface area contributed by atoms with Crippen molar-refractivity contribution in [2.45, 2.75) is 45.6 Å². The van der Waals surface area contributed by atoms with Crippen molar-refractivity contribution in [2.24, 2.45) is 11.8 Å². The Hall–Kier alpha value is -1.68. The molecule has 25 heavy (non-hydrogen) atoms. The van der Waals surface area contributed by atoms with Crippen LogP contribution >= 0.6 is 0 Å². The Morgan fingerprint density at radius 1 is 1.20 bits per heavy atom. The maximum atomic E-state index is 12.3. The number of hydrogen-bond donors (Lipinski definition) is 0. The van der Waals surface area contributed by atoms with Crippen LogP contribution < -0.4 is 0 Å². The number of aromatic nitrogens is 1. The minimum atomic E-state index is 0.307. The van der Waals surface area contributed by atoms with Crippen LogP contribution in [0.15, 0.2) is 36.7 Å². The Labute approximate surface area is 151 Å². The summed E-state index contributed by atoms with van der Waals surface area (Å²) in [5.41, 5.74) is 1.30. The minimum absolute atomic E-state index is 0.307. The van der Waals surface area contributed by atoms with Gasteiger partial charge >= 0.3 is 0 Å². The SMILES string of the molecule is CCC=CCC(=O)N1CCC(C2CCN(Cc3cccnc3)CC2)C1. The Balaban J connectivity index is 1.41. The van der Waals surface area contributed by atoms with Gasteiger partial charge in [-0.1, -0.05) is 25.1 Å². The van der Waals surface area contributed by atoms with Crippen LogP contribution in [0.2, 0.25) is 0 Å². The Morgan fingerprint density at radius 2 is 2.00 bits per heavy atom. The molecule has 4 heteroatoms. The molecule has 0 aliphatic carbocycles. The summed E-state index contributed by atoms with van der Waals surface area (Å²) >= 11 is 0. The molecule has 1 unspecified atom stereocenters. The summed E-state index contributed by atoms with van der Waals surface area (Å²) in [5.74, 6) is 1.80. The summed E-state index contributed by atoms with van der Waals surface area (Å²) in [7, 11) is 0. The first-order valence-corrected chi connectivity index (χ1v) is 9.80. The van der Waals surface area contributed by atoms with E-state index >= 15 is 0 Å². The molecule has 0 saturated carbocycles. The monoisotopic (exact) mass is 341 g/mol. The van der Waals surface area contributed by atoms with E-state index in [0.717, 1.165) is 32.0 Å². The predicted molar refractivity (Wildman–Crippen MR) is 101 cm³/mol. The van der Waals surface area contributed by atoms with E-state index in [4.69, 9.17) is 0 Å². The molecule has 3 rings (SSSR count). The van der Waals surface area contributed by atoms with Gasteiger partial charge in [0.15, 0.2) is 0 Å². The molecule has 0 N–H and O–H groups in total. The van der Waals surface area contributed by atoms with Crippen LogP contribution in [0.25, 0.3) is 0 Å². The molecular formula is C21H31N3O. The first-order valence-electron chi connectivity index (χ1n) is 9.80. The van der Waals surface area contributed by atoms with Gasteiger partial charge in [-0.25, -0.2) is 0 Å². The zero-order valence-corrected chi connectivity index (χ0v) is 15.4. The molecule has 1 amide bonds. The molecule has 0 spiro atoms. The van der Waals surface area contributed by atoms with Crippen molar-refractivity contribution in [3.63, 3.8) is 0 Å². The van der Waals surface area contributed by atoms with E-state index in [1.165, 1.54) is 37.9 Å². The molecule has 3 heterocycles. The van der Waals surface area contributed by atoms with Crippen molar-refractivity contribution >= 4 is 5.91 Å². The third-order valence-corrected chi connectivity index (χ3v) is 5.70. The summed E-state index contributed by atoms with van der Waals surface area (Å²) in [5, 5.41) is 0. The number of hydrogen-bond acceptors (Lipinski definition) is 3. The van der Waals surface area contributed by atoms with Gasteiger partial charge in [-0.05, 0) is 62.2 Å². The molecule has 4 nitrogen and oxygen atoms in total. The third-order valence-electron chi connectivity index (χ3n) is 5.70. The minimum Gasteiger partial charge on any atom is -0.342 e. The zero-order chi connectivity index (χ0) is 17.5. The number of pyridine rings is 1. The van der Waals surface area contributed by atoms with Crippen molar-refractivity contribution in [3.8, 4) is 0 Å². The first kappa shape index (κ1) is 18.1. The van der Waals surface area contributed by atoms with Gasteiger partial charge in [0, 0.05) is 38.4 Å². The van der Waals surface area contributed by atoms with Crippen molar-refractivity contribution < 1.29 is 4.79 Å². The van der Waals surface area contributed by atoms with E-state index in [-0.39, 0.29) is 0 Å². The fraction of sp³-hybridized carbons (Fsp3) is 0.619. The van der Waals surface area contributed by atoms with Crippen LogP contribution in [-0.2, 0) is 11.3 Å². The van der Waals surface area contributed by atoms with E-state index in [1.54, 1.807) is 0 Å². The molecule has 2 fully saturated rings. The number of carbonyl (C=O) groups excluding carboxylic acids is 1. The molecule has 1 atom stereocenters. The third kappa shape index (κ3) is 5.15. The van der Waals surface area contributed by atoms with Gasteiger partial charge in [-0.3, -0.25) is 14.7 Å². The molecule has 136 valence electrons. The van der Waals surface area contributed by atoms with Crippen LogP contribution in [0, 0.1) is 11.8 Å². The number of carbonyl (C=O) groups is 1. The lowest BCUT2D eigenvalue weighted by atomic mass is 9.83. The average Bonchev–Trinajstić information content (AvgIpc) is 3.14. The lowest BCUT2D eigenvalue weighted by Gasteiger charge is -2.34. The molecule has 1 aromatic rings. The highest BCUT2D eigenvalue weighted by molar-refractivity contribution is 5.77. The quantitative estimate of drug-likeness (QED) is 0.743. The Bertz CT molecular complexity index is 564. The fourth-order valence-corrected chi connectivity index (χ4v) is 4.21. The number of nitrogens with zero attached hydrogens (tertiary/aromatic N) is 3. The molecule has 0 bridgehead atoms. The molecule has 0 aromatic carbocycles. The molecular weight excluding hydrogens is 310 g/mol. The summed E-state index contributed by atoms with van der Waals surface area (Å²) in [4.78, 5) is 21.1. The largest absolute Gasteiger partial charge is 0.342 e. The van der Waals surface area contributed by atoms with Crippen molar-refractivity contribution in [3.05, 3.63) is 42.2 Å². The highest BCUT2D eigenvalue weighted by atomic mass is 16.2. The maximum Gasteiger partial charge on any atom is 0.226 e. The highest BCUT2D eigenvalue weighted by Gasteiger charge is 2.33. The fourth-order valence-electron chi connectivity index (χ4n) is 4.21. The number of rotatable bonds is 6. The van der Waals surface area contributed by atoms with Gasteiger partial charge < -0.3 is 4.90 Å². The van der Waals surface area contributed by atoms with Gasteiger partial charge in [0.1, 0.15) is 0 Å². The normalized spacial score (nSPS) is 22.8. The Kier molecular flexibility index (Phi) is 6.62. The number of likely N-dealkylation sites (tertiary alicyclic amines) is 2. The van der Waals surface area contributed by atoms with E-state index in [9.17, 15) is 4.79 Å². The smallest absolute Gasteiger partial charge is 0.226 e. The van der Waals surface area contributed by atoms with Gasteiger partial charge in [0.25, 0.3) is 0 Å². The van der Waals surface area contributed by atoms with Gasteiger partial charge in [-0.15, -0.1) is 0 Å². The predicted octanol–water partition coefficient (Wildman–Crippen LogP) is 3.50. The van der Waals surface area contributed by atoms with Crippen molar-refractivity contribution in [1.82, 2.24) is 14.8 Å². The number of amides is 1. The molecule has 2 aliphatic rings. The van der Waals surface area contributed by atoms with Crippen molar-refractivity contribution in [1.29, 1.82) is 0 Å². The molecule has 2 aliphatic heterocycles. The molecule has 0 radical (unpaired) electrons. The summed E-state index contributed by atoms with van der Waals surface area (Å²) < 4.78 is 0. The number of allylic oxidation sites excluding steroid dienone is 1. The molecule has 2 saturated heterocycles. The number of piperidine rings is 1. The summed E-state index contributed by atoms with van der Waals surface area (Å²) in [6.07, 6.45) is 13.2. The zero-order valence-electron chi connectivity index (χ0n) is 15.4. The van der Waals surface area contributed by atoms with Crippen LogP contribution in [-0.4, -0.2) is 46.9 Å². The van der Waals surface area contributed by atoms with Crippen molar-refractivity contribution in [2.75, 3.05) is 26.2 Å². The summed E-state index contributed by atoms with van der Waals surface area (Å²) in [6, 6.07) is 4.18. The standard InChI is InChI=1S/C21H31N3O/c1-2-3-4-7-21(25)24-14-10-20(17-24)19-8-12-23(13-9-19)16-18-6-5-11-22-15-18/h3-6,11,15,19-20H,2,7-10,12-14,16-17H2,1H3. The van der Waals surface area contributed by atoms with Crippen LogP contribution in [0.4, 0.5) is 0 Å². The highest BCUT2D eigenvalue weighted by Crippen LogP contribution is 2.32. The van der Waals surface area contributed by atoms with E-state index < -0.39 is 0 Å². The second-order valence-electron chi connectivity index (χ2n) is 7.45. The maximum absolute atomic E-state index is 12.3. The lowest BCUT2D eigenvalue weighted by molar-refractivity contribution is -0.129. The van der Waals surface area contributed by atoms with E-state index in [1.807, 2.05) is 24.5 Å². The van der Waals surface area contributed by atoms with Crippen LogP contribution in [0.3, 0.4) is 0 Å². The summed E-state index contributed by atoms with van der Waals surface area (Å²) in [6.45, 7) is 7.39. The van der Waals surface area contributed by atoms with Gasteiger partial charge in [-0.2, -0.15) is 0 Å². The van der Waals surface area contributed by atoms with Gasteiger partial charge in [0.2, 0.25) is 5.91 Å².